The van der Waals surface area contributed by atoms with Crippen LogP contribution in [0.3, 0.4) is 0 Å². The number of halogens is 2. The molecule has 0 N–H and O–H groups in total. The van der Waals surface area contributed by atoms with Crippen LogP contribution in [0.1, 0.15) is 24.1 Å². The quantitative estimate of drug-likeness (QED) is 0.738. The number of amides is 1. The second-order valence-corrected chi connectivity index (χ2v) is 7.20. The minimum Gasteiger partial charge on any atom is -0.329 e. The molecule has 0 spiro atoms. The van der Waals surface area contributed by atoms with Crippen molar-refractivity contribution in [2.45, 2.75) is 24.4 Å². The first-order valence-electron chi connectivity index (χ1n) is 7.70. The first-order valence-corrected chi connectivity index (χ1v) is 8.61. The average molecular weight is 348 g/mol. The van der Waals surface area contributed by atoms with Crippen LogP contribution in [-0.4, -0.2) is 21.6 Å². The second-order valence-electron chi connectivity index (χ2n) is 6.11. The summed E-state index contributed by atoms with van der Waals surface area (Å²) in [6.07, 6.45) is 0. The third-order valence-electron chi connectivity index (χ3n) is 4.60. The Kier molecular flexibility index (Phi) is 4.65. The van der Waals surface area contributed by atoms with Crippen molar-refractivity contribution < 1.29 is 4.79 Å². The van der Waals surface area contributed by atoms with Gasteiger partial charge in [0, 0.05) is 18.3 Å². The van der Waals surface area contributed by atoms with Crippen LogP contribution in [0.2, 0.25) is 0 Å². The maximum atomic E-state index is 12.9. The summed E-state index contributed by atoms with van der Waals surface area (Å²) in [5.74, 6) is 0.156. The van der Waals surface area contributed by atoms with E-state index in [1.165, 1.54) is 0 Å². The summed E-state index contributed by atoms with van der Waals surface area (Å²) in [5, 5.41) is 0. The first kappa shape index (κ1) is 16.4. The molecule has 1 amide bonds. The minimum absolute atomic E-state index is 0.0532. The lowest BCUT2D eigenvalue weighted by Crippen LogP contribution is -2.35. The van der Waals surface area contributed by atoms with Crippen molar-refractivity contribution in [1.82, 2.24) is 4.90 Å². The van der Waals surface area contributed by atoms with Crippen LogP contribution in [-0.2, 0) is 11.3 Å². The van der Waals surface area contributed by atoms with Crippen LogP contribution >= 0.6 is 23.2 Å². The molecular weight excluding hydrogens is 329 g/mol. The number of hydrogen-bond acceptors (Lipinski definition) is 1. The average Bonchev–Trinajstić information content (AvgIpc) is 2.76. The Morgan fingerprint density at radius 3 is 2.17 bits per heavy atom. The van der Waals surface area contributed by atoms with Gasteiger partial charge < -0.3 is 4.90 Å². The van der Waals surface area contributed by atoms with Crippen LogP contribution in [0, 0.1) is 5.92 Å². The molecule has 2 aromatic rings. The molecule has 0 saturated carbocycles. The van der Waals surface area contributed by atoms with Crippen molar-refractivity contribution in [3.8, 4) is 0 Å². The summed E-state index contributed by atoms with van der Waals surface area (Å²) >= 11 is 12.8. The van der Waals surface area contributed by atoms with Gasteiger partial charge in [0.15, 0.2) is 0 Å². The van der Waals surface area contributed by atoms with Crippen molar-refractivity contribution in [3.05, 3.63) is 71.8 Å². The molecule has 23 heavy (non-hydrogen) atoms. The summed E-state index contributed by atoms with van der Waals surface area (Å²) in [7, 11) is 0. The lowest BCUT2D eigenvalue weighted by molar-refractivity contribution is -0.131. The predicted octanol–water partition coefficient (Wildman–Crippen LogP) is 4.62. The molecule has 0 radical (unpaired) electrons. The SMILES string of the molecule is CC1(Cl)C(=O)N(Cc2ccccc2)[C@@H](c2ccccc2)[C@H]1CCl. The monoisotopic (exact) mass is 347 g/mol. The number of carbonyl (C=O) groups excluding carboxylic acids is 1. The number of carbonyl (C=O) groups is 1. The number of benzene rings is 2. The number of nitrogens with zero attached hydrogens (tertiary/aromatic N) is 1. The molecule has 0 aromatic heterocycles. The van der Waals surface area contributed by atoms with Gasteiger partial charge in [0.2, 0.25) is 5.91 Å². The van der Waals surface area contributed by atoms with E-state index in [9.17, 15) is 4.79 Å². The largest absolute Gasteiger partial charge is 0.329 e. The summed E-state index contributed by atoms with van der Waals surface area (Å²) in [6.45, 7) is 2.32. The third-order valence-corrected chi connectivity index (χ3v) is 5.37. The van der Waals surface area contributed by atoms with Crippen molar-refractivity contribution in [1.29, 1.82) is 0 Å². The summed E-state index contributed by atoms with van der Waals surface area (Å²) < 4.78 is 0. The van der Waals surface area contributed by atoms with Crippen molar-refractivity contribution in [2.75, 3.05) is 5.88 Å². The number of alkyl halides is 2. The van der Waals surface area contributed by atoms with E-state index in [0.29, 0.717) is 12.4 Å². The van der Waals surface area contributed by atoms with Gasteiger partial charge in [0.25, 0.3) is 0 Å². The topological polar surface area (TPSA) is 20.3 Å². The molecule has 0 aliphatic carbocycles. The molecule has 0 bridgehead atoms. The highest BCUT2D eigenvalue weighted by molar-refractivity contribution is 6.36. The van der Waals surface area contributed by atoms with E-state index in [1.54, 1.807) is 6.92 Å². The Bertz CT molecular complexity index is 672. The lowest BCUT2D eigenvalue weighted by Gasteiger charge is -2.28. The van der Waals surface area contributed by atoms with Gasteiger partial charge in [-0.05, 0) is 18.1 Å². The van der Waals surface area contributed by atoms with Gasteiger partial charge in [-0.1, -0.05) is 60.7 Å². The maximum absolute atomic E-state index is 12.9. The smallest absolute Gasteiger partial charge is 0.244 e. The zero-order chi connectivity index (χ0) is 16.4. The normalized spacial score (nSPS) is 27.4. The fraction of sp³-hybridized carbons (Fsp3) is 0.316. The Morgan fingerprint density at radius 2 is 1.61 bits per heavy atom. The summed E-state index contributed by atoms with van der Waals surface area (Å²) in [4.78, 5) is 13.8. The van der Waals surface area contributed by atoms with Gasteiger partial charge in [-0.3, -0.25) is 4.79 Å². The Balaban J connectivity index is 2.01. The predicted molar refractivity (Wildman–Crippen MR) is 94.6 cm³/mol. The Labute approximate surface area is 147 Å². The summed E-state index contributed by atoms with van der Waals surface area (Å²) in [6, 6.07) is 19.9. The van der Waals surface area contributed by atoms with E-state index in [2.05, 4.69) is 0 Å². The van der Waals surface area contributed by atoms with E-state index in [4.69, 9.17) is 23.2 Å². The van der Waals surface area contributed by atoms with Crippen LogP contribution in [0.15, 0.2) is 60.7 Å². The Morgan fingerprint density at radius 1 is 1.04 bits per heavy atom. The molecular formula is C19H19Cl2NO. The molecule has 1 unspecified atom stereocenters. The highest BCUT2D eigenvalue weighted by Gasteiger charge is 2.55. The van der Waals surface area contributed by atoms with Gasteiger partial charge in [0.1, 0.15) is 4.87 Å². The zero-order valence-electron chi connectivity index (χ0n) is 13.0. The number of likely N-dealkylation sites (tertiary alicyclic amines) is 1. The molecule has 2 nitrogen and oxygen atoms in total. The van der Waals surface area contributed by atoms with Crippen molar-refractivity contribution in [3.63, 3.8) is 0 Å². The van der Waals surface area contributed by atoms with E-state index >= 15 is 0 Å². The van der Waals surface area contributed by atoms with Gasteiger partial charge in [-0.15, -0.1) is 23.2 Å². The van der Waals surface area contributed by atoms with E-state index < -0.39 is 4.87 Å². The molecule has 1 aliphatic heterocycles. The molecule has 3 atom stereocenters. The molecule has 2 aromatic carbocycles. The summed E-state index contributed by atoms with van der Waals surface area (Å²) in [5.41, 5.74) is 2.16. The van der Waals surface area contributed by atoms with E-state index in [1.807, 2.05) is 65.6 Å². The van der Waals surface area contributed by atoms with E-state index in [0.717, 1.165) is 11.1 Å². The van der Waals surface area contributed by atoms with Gasteiger partial charge in [0.05, 0.1) is 6.04 Å². The molecule has 1 heterocycles. The second kappa shape index (κ2) is 6.54. The Hall–Kier alpha value is -1.51. The van der Waals surface area contributed by atoms with Crippen molar-refractivity contribution >= 4 is 29.1 Å². The van der Waals surface area contributed by atoms with Gasteiger partial charge in [-0.25, -0.2) is 0 Å². The van der Waals surface area contributed by atoms with Gasteiger partial charge in [-0.2, -0.15) is 0 Å². The number of hydrogen-bond donors (Lipinski definition) is 0. The molecule has 1 fully saturated rings. The van der Waals surface area contributed by atoms with Gasteiger partial charge >= 0.3 is 0 Å². The molecule has 1 aliphatic rings. The molecule has 120 valence electrons. The van der Waals surface area contributed by atoms with Crippen molar-refractivity contribution in [2.24, 2.45) is 5.92 Å². The first-order chi connectivity index (χ1) is 11.1. The molecule has 4 heteroatoms. The standard InChI is InChI=1S/C19H19Cl2NO/c1-19(21)16(12-20)17(15-10-6-3-7-11-15)22(18(19)23)13-14-8-4-2-5-9-14/h2-11,16-17H,12-13H2,1H3/t16-,17+,19?/m1/s1. The minimum atomic E-state index is -0.975. The number of rotatable bonds is 4. The third kappa shape index (κ3) is 2.98. The fourth-order valence-corrected chi connectivity index (χ4v) is 4.18. The fourth-order valence-electron chi connectivity index (χ4n) is 3.32. The van der Waals surface area contributed by atoms with Crippen LogP contribution in [0.5, 0.6) is 0 Å². The van der Waals surface area contributed by atoms with E-state index in [-0.39, 0.29) is 17.9 Å². The molecule has 1 saturated heterocycles. The van der Waals surface area contributed by atoms with Crippen LogP contribution < -0.4 is 0 Å². The van der Waals surface area contributed by atoms with Crippen LogP contribution in [0.25, 0.3) is 0 Å². The highest BCUT2D eigenvalue weighted by atomic mass is 35.5. The zero-order valence-corrected chi connectivity index (χ0v) is 14.5. The molecule has 3 rings (SSSR count). The lowest BCUT2D eigenvalue weighted by atomic mass is 9.88. The maximum Gasteiger partial charge on any atom is 0.244 e. The van der Waals surface area contributed by atoms with Crippen LogP contribution in [0.4, 0.5) is 0 Å². The highest BCUT2D eigenvalue weighted by Crippen LogP contribution is 2.48.